The number of methoxy groups -OCH3 is 1. The standard InChI is InChI=1S/C21H25FN5O7P/c1-31-17-5-2-13(8-15(17)22)9-33-35(30,34-10-16(28)14-3-4-14)12-32-7-6-27-11-24-18-19(27)25-21(23)26-20(18)29/h2,5,8,11,14H,3-4,6-7,9-10,12H2,1H3,(H3,23,25,26,29). The molecule has 1 saturated carbocycles. The number of hydrogen-bond donors (Lipinski definition) is 2. The number of carbonyl (C=O) groups excluding carboxylic acids is 1. The van der Waals surface area contributed by atoms with Gasteiger partial charge in [0, 0.05) is 12.5 Å². The van der Waals surface area contributed by atoms with Crippen molar-refractivity contribution in [2.24, 2.45) is 5.92 Å². The van der Waals surface area contributed by atoms with Crippen molar-refractivity contribution in [2.75, 3.05) is 32.4 Å². The van der Waals surface area contributed by atoms with Gasteiger partial charge in [-0.1, -0.05) is 6.07 Å². The van der Waals surface area contributed by atoms with Crippen LogP contribution in [0.15, 0.2) is 29.3 Å². The number of aromatic amines is 1. The number of ketones is 1. The lowest BCUT2D eigenvalue weighted by Gasteiger charge is -2.19. The van der Waals surface area contributed by atoms with Crippen LogP contribution in [-0.4, -0.2) is 52.0 Å². The number of nitrogens with two attached hydrogens (primary N) is 1. The average molecular weight is 509 g/mol. The molecule has 2 heterocycles. The molecular formula is C21H25FN5O7P. The molecule has 188 valence electrons. The van der Waals surface area contributed by atoms with E-state index in [0.717, 1.165) is 12.8 Å². The predicted octanol–water partition coefficient (Wildman–Crippen LogP) is 2.23. The van der Waals surface area contributed by atoms with Gasteiger partial charge in [-0.15, -0.1) is 0 Å². The number of fused-ring (bicyclic) bond motifs is 1. The van der Waals surface area contributed by atoms with Gasteiger partial charge < -0.3 is 24.3 Å². The summed E-state index contributed by atoms with van der Waals surface area (Å²) in [6.07, 6.45) is 2.55. The highest BCUT2D eigenvalue weighted by atomic mass is 31.2. The van der Waals surface area contributed by atoms with Crippen LogP contribution in [0.4, 0.5) is 10.3 Å². The highest BCUT2D eigenvalue weighted by Gasteiger charge is 2.33. The van der Waals surface area contributed by atoms with Gasteiger partial charge >= 0.3 is 7.60 Å². The second-order valence-corrected chi connectivity index (χ2v) is 9.96. The number of ether oxygens (including phenoxy) is 2. The molecule has 3 N–H and O–H groups in total. The fraction of sp³-hybridized carbons (Fsp3) is 0.429. The monoisotopic (exact) mass is 509 g/mol. The van der Waals surface area contributed by atoms with Gasteiger partial charge in [0.1, 0.15) is 13.0 Å². The average Bonchev–Trinajstić information content (AvgIpc) is 3.60. The Morgan fingerprint density at radius 1 is 1.34 bits per heavy atom. The van der Waals surface area contributed by atoms with Crippen molar-refractivity contribution >= 4 is 30.5 Å². The third kappa shape index (κ3) is 6.31. The Hall–Kier alpha value is -3.12. The molecule has 3 aromatic rings. The predicted molar refractivity (Wildman–Crippen MR) is 122 cm³/mol. The molecule has 0 bridgehead atoms. The lowest BCUT2D eigenvalue weighted by molar-refractivity contribution is -0.122. The van der Waals surface area contributed by atoms with Gasteiger partial charge in [0.2, 0.25) is 5.95 Å². The highest BCUT2D eigenvalue weighted by Crippen LogP contribution is 2.49. The molecule has 1 fully saturated rings. The maximum Gasteiger partial charge on any atom is 0.356 e. The second kappa shape index (κ2) is 10.6. The van der Waals surface area contributed by atoms with E-state index in [1.54, 1.807) is 10.6 Å². The summed E-state index contributed by atoms with van der Waals surface area (Å²) in [4.78, 5) is 34.4. The summed E-state index contributed by atoms with van der Waals surface area (Å²) < 4.78 is 50.1. The zero-order valence-electron chi connectivity index (χ0n) is 18.9. The van der Waals surface area contributed by atoms with Crippen LogP contribution in [-0.2, 0) is 36.3 Å². The zero-order valence-corrected chi connectivity index (χ0v) is 19.8. The van der Waals surface area contributed by atoms with E-state index in [9.17, 15) is 18.5 Å². The van der Waals surface area contributed by atoms with Crippen LogP contribution >= 0.6 is 7.60 Å². The lowest BCUT2D eigenvalue weighted by Crippen LogP contribution is -2.14. The zero-order chi connectivity index (χ0) is 25.0. The molecule has 0 spiro atoms. The third-order valence-corrected chi connectivity index (χ3v) is 6.84. The number of rotatable bonds is 13. The van der Waals surface area contributed by atoms with E-state index in [1.807, 2.05) is 0 Å². The van der Waals surface area contributed by atoms with Gasteiger partial charge in [0.05, 0.1) is 26.7 Å². The third-order valence-electron chi connectivity index (χ3n) is 5.30. The Balaban J connectivity index is 1.37. The number of halogens is 1. The van der Waals surface area contributed by atoms with Crippen molar-refractivity contribution in [3.63, 3.8) is 0 Å². The summed E-state index contributed by atoms with van der Waals surface area (Å²) in [5.74, 6) is -0.797. The number of hydrogen-bond acceptors (Lipinski definition) is 10. The first-order valence-corrected chi connectivity index (χ1v) is 12.5. The van der Waals surface area contributed by atoms with Crippen molar-refractivity contribution in [3.05, 3.63) is 46.3 Å². The molecule has 1 aliphatic carbocycles. The van der Waals surface area contributed by atoms with Crippen molar-refractivity contribution in [1.82, 2.24) is 19.5 Å². The molecule has 2 aromatic heterocycles. The Morgan fingerprint density at radius 2 is 2.14 bits per heavy atom. The molecule has 1 unspecified atom stereocenters. The number of imidazole rings is 1. The van der Waals surface area contributed by atoms with Gasteiger partial charge in [-0.2, -0.15) is 4.98 Å². The van der Waals surface area contributed by atoms with E-state index < -0.39 is 25.3 Å². The van der Waals surface area contributed by atoms with Crippen LogP contribution in [0.5, 0.6) is 5.75 Å². The van der Waals surface area contributed by atoms with E-state index in [4.69, 9.17) is 24.3 Å². The van der Waals surface area contributed by atoms with E-state index >= 15 is 0 Å². The van der Waals surface area contributed by atoms with Crippen LogP contribution < -0.4 is 16.0 Å². The lowest BCUT2D eigenvalue weighted by atomic mass is 10.2. The molecule has 12 nitrogen and oxygen atoms in total. The molecule has 35 heavy (non-hydrogen) atoms. The fourth-order valence-electron chi connectivity index (χ4n) is 3.24. The number of nitrogens with zero attached hydrogens (tertiary/aromatic N) is 3. The second-order valence-electron chi connectivity index (χ2n) is 7.97. The maximum atomic E-state index is 14.0. The van der Waals surface area contributed by atoms with Gasteiger partial charge in [-0.25, -0.2) is 9.37 Å². The Bertz CT molecular complexity index is 1320. The molecule has 14 heteroatoms. The summed E-state index contributed by atoms with van der Waals surface area (Å²) in [6.45, 7) is -0.320. The van der Waals surface area contributed by atoms with E-state index in [1.165, 1.54) is 25.6 Å². The van der Waals surface area contributed by atoms with Crippen molar-refractivity contribution < 1.29 is 32.3 Å². The van der Waals surface area contributed by atoms with E-state index in [0.29, 0.717) is 5.56 Å². The van der Waals surface area contributed by atoms with Crippen LogP contribution in [0.2, 0.25) is 0 Å². The Morgan fingerprint density at radius 3 is 2.86 bits per heavy atom. The normalized spacial score (nSPS) is 15.3. The van der Waals surface area contributed by atoms with E-state index in [2.05, 4.69) is 15.0 Å². The van der Waals surface area contributed by atoms with Gasteiger partial charge in [0.15, 0.2) is 28.5 Å². The van der Waals surface area contributed by atoms with Crippen LogP contribution in [0.3, 0.4) is 0 Å². The van der Waals surface area contributed by atoms with Crippen LogP contribution in [0, 0.1) is 11.7 Å². The van der Waals surface area contributed by atoms with Crippen LogP contribution in [0.25, 0.3) is 11.2 Å². The molecule has 1 aliphatic rings. The van der Waals surface area contributed by atoms with Crippen LogP contribution in [0.1, 0.15) is 18.4 Å². The van der Waals surface area contributed by atoms with Gasteiger partial charge in [-0.05, 0) is 30.5 Å². The summed E-state index contributed by atoms with van der Waals surface area (Å²) in [6, 6.07) is 4.19. The first-order valence-electron chi connectivity index (χ1n) is 10.8. The number of nitrogen functional groups attached to an aromatic ring is 1. The number of H-pyrrole nitrogens is 1. The highest BCUT2D eigenvalue weighted by molar-refractivity contribution is 7.53. The number of nitrogens with one attached hydrogen (secondary N) is 1. The molecule has 0 radical (unpaired) electrons. The minimum atomic E-state index is -3.87. The maximum absolute atomic E-state index is 14.0. The molecule has 4 rings (SSSR count). The number of aromatic nitrogens is 4. The molecular weight excluding hydrogens is 484 g/mol. The number of anilines is 1. The first-order chi connectivity index (χ1) is 16.8. The van der Waals surface area contributed by atoms with Crippen molar-refractivity contribution in [1.29, 1.82) is 0 Å². The van der Waals surface area contributed by atoms with Crippen molar-refractivity contribution in [3.8, 4) is 5.75 Å². The quantitative estimate of drug-likeness (QED) is 0.258. The van der Waals surface area contributed by atoms with Gasteiger partial charge in [-0.3, -0.25) is 23.7 Å². The minimum Gasteiger partial charge on any atom is -0.494 e. The minimum absolute atomic E-state index is 0.0459. The summed E-state index contributed by atoms with van der Waals surface area (Å²) in [5, 5.41) is 0. The molecule has 0 amide bonds. The summed E-state index contributed by atoms with van der Waals surface area (Å²) in [7, 11) is -2.52. The summed E-state index contributed by atoms with van der Waals surface area (Å²) >= 11 is 0. The molecule has 1 atom stereocenters. The first kappa shape index (κ1) is 25.0. The Kier molecular flexibility index (Phi) is 7.60. The fourth-order valence-corrected chi connectivity index (χ4v) is 4.49. The van der Waals surface area contributed by atoms with Gasteiger partial charge in [0.25, 0.3) is 5.56 Å². The Labute approximate surface area is 199 Å². The largest absolute Gasteiger partial charge is 0.494 e. The smallest absolute Gasteiger partial charge is 0.356 e. The molecule has 0 saturated heterocycles. The van der Waals surface area contributed by atoms with Crippen molar-refractivity contribution in [2.45, 2.75) is 26.0 Å². The number of Topliss-reactive ketones (excluding diaryl/α,β-unsaturated/α-hetero) is 1. The number of benzene rings is 1. The molecule has 1 aromatic carbocycles. The van der Waals surface area contributed by atoms with E-state index in [-0.39, 0.29) is 60.9 Å². The SMILES string of the molecule is COc1ccc(COP(=O)(COCCn2cnc3c(=O)[nH]c(N)nc32)OCC(=O)C2CC2)cc1F. The molecule has 0 aliphatic heterocycles. The summed E-state index contributed by atoms with van der Waals surface area (Å²) in [5.41, 5.74) is 5.93. The topological polar surface area (TPSA) is 161 Å². The number of carbonyl (C=O) groups is 1.